The van der Waals surface area contributed by atoms with Gasteiger partial charge in [-0.2, -0.15) is 0 Å². The van der Waals surface area contributed by atoms with Crippen molar-refractivity contribution in [3.63, 3.8) is 0 Å². The number of nitrogen functional groups attached to an aromatic ring is 1. The molecule has 33 heavy (non-hydrogen) atoms. The molecule has 2 aromatic heterocycles. The maximum Gasteiger partial charge on any atom is 0.341 e. The average molecular weight is 476 g/mol. The lowest BCUT2D eigenvalue weighted by Crippen LogP contribution is -2.25. The number of nitrogens with one attached hydrogen (secondary N) is 1. The predicted molar refractivity (Wildman–Crippen MR) is 124 cm³/mol. The standard InChI is InChI=1S/C21H29N6O5P/c1-15(2)31-18(28)9-10-26-33(29,32-17-7-5-4-6-8-17)14-30-16(3)11-27-13-25-19-20(22)23-12-24-21(19)27/h4-8,12-13,15-16H,9-11,14H2,1-3H3,(H,26,29)(H2,22,23,24)/t16-,33-/m0/s1. The molecule has 0 spiro atoms. The zero-order chi connectivity index (χ0) is 23.8. The van der Waals surface area contributed by atoms with Crippen LogP contribution in [0.25, 0.3) is 11.2 Å². The van der Waals surface area contributed by atoms with Gasteiger partial charge in [-0.1, -0.05) is 18.2 Å². The van der Waals surface area contributed by atoms with Crippen LogP contribution in [-0.4, -0.2) is 50.6 Å². The summed E-state index contributed by atoms with van der Waals surface area (Å²) < 4.78 is 32.0. The van der Waals surface area contributed by atoms with Gasteiger partial charge in [0.1, 0.15) is 23.9 Å². The van der Waals surface area contributed by atoms with E-state index in [9.17, 15) is 9.36 Å². The van der Waals surface area contributed by atoms with Crippen molar-refractivity contribution in [3.05, 3.63) is 43.0 Å². The van der Waals surface area contributed by atoms with E-state index in [2.05, 4.69) is 20.0 Å². The summed E-state index contributed by atoms with van der Waals surface area (Å²) in [7, 11) is -3.48. The van der Waals surface area contributed by atoms with Gasteiger partial charge >= 0.3 is 13.5 Å². The maximum atomic E-state index is 13.5. The third-order valence-electron chi connectivity index (χ3n) is 4.46. The summed E-state index contributed by atoms with van der Waals surface area (Å²) in [5.74, 6) is 0.349. The summed E-state index contributed by atoms with van der Waals surface area (Å²) in [6, 6.07) is 8.79. The number of anilines is 1. The van der Waals surface area contributed by atoms with Crippen LogP contribution in [-0.2, 0) is 25.4 Å². The zero-order valence-corrected chi connectivity index (χ0v) is 19.8. The van der Waals surface area contributed by atoms with Gasteiger partial charge in [0.05, 0.1) is 31.5 Å². The van der Waals surface area contributed by atoms with E-state index in [0.29, 0.717) is 29.3 Å². The number of nitrogens with zero attached hydrogens (tertiary/aromatic N) is 4. The van der Waals surface area contributed by atoms with Gasteiger partial charge in [0.2, 0.25) is 0 Å². The number of fused-ring (bicyclic) bond motifs is 1. The topological polar surface area (TPSA) is 143 Å². The molecular formula is C21H29N6O5P. The van der Waals surface area contributed by atoms with Crippen molar-refractivity contribution in [2.45, 2.75) is 45.9 Å². The van der Waals surface area contributed by atoms with Gasteiger partial charge in [0.25, 0.3) is 0 Å². The van der Waals surface area contributed by atoms with Gasteiger partial charge in [-0.05, 0) is 32.9 Å². The molecule has 3 N–H and O–H groups in total. The van der Waals surface area contributed by atoms with Crippen LogP contribution in [0.15, 0.2) is 43.0 Å². The van der Waals surface area contributed by atoms with Crippen molar-refractivity contribution in [1.29, 1.82) is 0 Å². The third kappa shape index (κ3) is 7.24. The molecule has 1 aromatic carbocycles. The van der Waals surface area contributed by atoms with Crippen molar-refractivity contribution >= 4 is 30.5 Å². The number of para-hydroxylation sites is 1. The van der Waals surface area contributed by atoms with E-state index in [4.69, 9.17) is 19.7 Å². The predicted octanol–water partition coefficient (Wildman–Crippen LogP) is 2.97. The van der Waals surface area contributed by atoms with Crippen molar-refractivity contribution in [2.75, 3.05) is 18.6 Å². The number of ether oxygens (including phenoxy) is 2. The molecule has 2 atom stereocenters. The van der Waals surface area contributed by atoms with Gasteiger partial charge in [-0.25, -0.2) is 20.0 Å². The molecule has 0 aliphatic rings. The molecular weight excluding hydrogens is 447 g/mol. The van der Waals surface area contributed by atoms with Gasteiger partial charge in [-0.3, -0.25) is 9.36 Å². The quantitative estimate of drug-likeness (QED) is 0.296. The molecule has 178 valence electrons. The average Bonchev–Trinajstić information content (AvgIpc) is 3.17. The molecule has 3 aromatic rings. The lowest BCUT2D eigenvalue weighted by molar-refractivity contribution is -0.147. The molecule has 0 saturated carbocycles. The number of carbonyl (C=O) groups is 1. The molecule has 0 radical (unpaired) electrons. The van der Waals surface area contributed by atoms with Gasteiger partial charge in [0.15, 0.2) is 11.5 Å². The van der Waals surface area contributed by atoms with Crippen molar-refractivity contribution in [1.82, 2.24) is 24.6 Å². The highest BCUT2D eigenvalue weighted by Gasteiger charge is 2.27. The fourth-order valence-corrected chi connectivity index (χ4v) is 4.57. The number of benzene rings is 1. The number of imidazole rings is 1. The van der Waals surface area contributed by atoms with Crippen LogP contribution >= 0.6 is 7.52 Å². The normalized spacial score (nSPS) is 14.2. The van der Waals surface area contributed by atoms with Gasteiger partial charge in [-0.15, -0.1) is 0 Å². The first kappa shape index (κ1) is 24.6. The van der Waals surface area contributed by atoms with Crippen LogP contribution in [0.4, 0.5) is 5.82 Å². The van der Waals surface area contributed by atoms with E-state index in [1.54, 1.807) is 49.0 Å². The van der Waals surface area contributed by atoms with Crippen LogP contribution in [0.3, 0.4) is 0 Å². The number of esters is 1. The number of rotatable bonds is 12. The Morgan fingerprint density at radius 3 is 2.67 bits per heavy atom. The van der Waals surface area contributed by atoms with Crippen LogP contribution in [0, 0.1) is 0 Å². The minimum absolute atomic E-state index is 0.0536. The van der Waals surface area contributed by atoms with Crippen LogP contribution < -0.4 is 15.3 Å². The molecule has 0 unspecified atom stereocenters. The van der Waals surface area contributed by atoms with E-state index in [1.165, 1.54) is 6.33 Å². The second-order valence-electron chi connectivity index (χ2n) is 7.71. The SMILES string of the molecule is CC(C)OC(=O)CCN[P@](=O)(CO[C@@H](C)Cn1cnc2c(N)ncnc21)Oc1ccccc1. The second kappa shape index (κ2) is 11.2. The smallest absolute Gasteiger partial charge is 0.341 e. The Hall–Kier alpha value is -3.01. The summed E-state index contributed by atoms with van der Waals surface area (Å²) in [6.45, 7) is 5.90. The Morgan fingerprint density at radius 1 is 1.18 bits per heavy atom. The Labute approximate surface area is 192 Å². The summed E-state index contributed by atoms with van der Waals surface area (Å²) in [4.78, 5) is 24.2. The first-order valence-corrected chi connectivity index (χ1v) is 12.4. The summed E-state index contributed by atoms with van der Waals surface area (Å²) in [6.07, 6.45) is 2.27. The summed E-state index contributed by atoms with van der Waals surface area (Å²) in [5.41, 5.74) is 6.93. The first-order valence-electron chi connectivity index (χ1n) is 10.6. The second-order valence-corrected chi connectivity index (χ2v) is 9.81. The lowest BCUT2D eigenvalue weighted by atomic mass is 10.3. The number of aromatic nitrogens is 4. The lowest BCUT2D eigenvalue weighted by Gasteiger charge is -2.23. The van der Waals surface area contributed by atoms with E-state index < -0.39 is 7.52 Å². The molecule has 0 aliphatic heterocycles. The molecule has 11 nitrogen and oxygen atoms in total. The molecule has 0 fully saturated rings. The molecule has 2 heterocycles. The highest BCUT2D eigenvalue weighted by atomic mass is 31.2. The summed E-state index contributed by atoms with van der Waals surface area (Å²) >= 11 is 0. The van der Waals surface area contributed by atoms with Crippen molar-refractivity contribution in [3.8, 4) is 5.75 Å². The fourth-order valence-electron chi connectivity index (χ4n) is 2.99. The van der Waals surface area contributed by atoms with Crippen molar-refractivity contribution in [2.24, 2.45) is 0 Å². The monoisotopic (exact) mass is 476 g/mol. The maximum absolute atomic E-state index is 13.5. The zero-order valence-electron chi connectivity index (χ0n) is 18.9. The highest BCUT2D eigenvalue weighted by Crippen LogP contribution is 2.43. The minimum atomic E-state index is -3.48. The number of hydrogen-bond donors (Lipinski definition) is 2. The van der Waals surface area contributed by atoms with Gasteiger partial charge in [0, 0.05) is 6.54 Å². The fraction of sp³-hybridized carbons (Fsp3) is 0.429. The Bertz CT molecular complexity index is 1110. The molecule has 12 heteroatoms. The van der Waals surface area contributed by atoms with Crippen LogP contribution in [0.2, 0.25) is 0 Å². The van der Waals surface area contributed by atoms with Crippen LogP contribution in [0.1, 0.15) is 27.2 Å². The van der Waals surface area contributed by atoms with Crippen LogP contribution in [0.5, 0.6) is 5.75 Å². The first-order chi connectivity index (χ1) is 15.8. The number of nitrogens with two attached hydrogens (primary N) is 1. The van der Waals surface area contributed by atoms with Crippen molar-refractivity contribution < 1.29 is 23.4 Å². The number of carbonyl (C=O) groups excluding carboxylic acids is 1. The summed E-state index contributed by atoms with van der Waals surface area (Å²) in [5, 5.41) is 2.85. The largest absolute Gasteiger partial charge is 0.463 e. The van der Waals surface area contributed by atoms with E-state index in [0.717, 1.165) is 0 Å². The molecule has 0 bridgehead atoms. The van der Waals surface area contributed by atoms with E-state index in [1.807, 2.05) is 13.0 Å². The Balaban J connectivity index is 1.62. The molecule has 0 saturated heterocycles. The number of hydrogen-bond acceptors (Lipinski definition) is 9. The molecule has 0 amide bonds. The highest BCUT2D eigenvalue weighted by molar-refractivity contribution is 7.57. The Morgan fingerprint density at radius 2 is 1.94 bits per heavy atom. The van der Waals surface area contributed by atoms with E-state index in [-0.39, 0.29) is 37.5 Å². The Kier molecular flexibility index (Phi) is 8.37. The molecule has 3 rings (SSSR count). The minimum Gasteiger partial charge on any atom is -0.463 e. The van der Waals surface area contributed by atoms with E-state index >= 15 is 0 Å². The third-order valence-corrected chi connectivity index (χ3v) is 6.16. The molecule has 0 aliphatic carbocycles. The van der Waals surface area contributed by atoms with Gasteiger partial charge < -0.3 is 24.3 Å².